The Morgan fingerprint density at radius 1 is 1.12 bits per heavy atom. The average molecular weight is 357 g/mol. The maximum Gasteiger partial charge on any atom is 0.232 e. The predicted molar refractivity (Wildman–Crippen MR) is 103 cm³/mol. The molecule has 2 aromatic heterocycles. The zero-order valence-corrected chi connectivity index (χ0v) is 15.4. The zero-order chi connectivity index (χ0) is 17.9. The summed E-state index contributed by atoms with van der Waals surface area (Å²) in [4.78, 5) is 7.46. The number of aromatic nitrogens is 2. The highest BCUT2D eigenvalue weighted by molar-refractivity contribution is 7.92. The highest BCUT2D eigenvalue weighted by Crippen LogP contribution is 2.32. The molecule has 0 saturated heterocycles. The molecule has 0 saturated carbocycles. The highest BCUT2D eigenvalue weighted by Gasteiger charge is 2.13. The van der Waals surface area contributed by atoms with Gasteiger partial charge in [0.2, 0.25) is 10.0 Å². The maximum atomic E-state index is 12.1. The molecule has 0 spiro atoms. The van der Waals surface area contributed by atoms with Crippen LogP contribution >= 0.6 is 0 Å². The molecule has 132 valence electrons. The van der Waals surface area contributed by atoms with Gasteiger partial charge in [0.15, 0.2) is 0 Å². The molecule has 0 aliphatic rings. The van der Waals surface area contributed by atoms with Crippen LogP contribution in [0.5, 0.6) is 0 Å². The standard InChI is InChI=1S/C19H23N3O2S/c1-3-5-12-25(23,24)22-15-6-7-16(14(4-2)13-15)17-8-10-20-19-18(17)9-11-21-19/h6-11,13,22H,3-5,12H2,1-2H3,(H,20,21). The summed E-state index contributed by atoms with van der Waals surface area (Å²) in [5.41, 5.74) is 4.78. The number of nitrogens with zero attached hydrogens (tertiary/aromatic N) is 1. The van der Waals surface area contributed by atoms with E-state index in [4.69, 9.17) is 0 Å². The summed E-state index contributed by atoms with van der Waals surface area (Å²) < 4.78 is 27.0. The molecule has 3 rings (SSSR count). The first kappa shape index (κ1) is 17.5. The molecule has 25 heavy (non-hydrogen) atoms. The van der Waals surface area contributed by atoms with Crippen molar-refractivity contribution < 1.29 is 8.42 Å². The van der Waals surface area contributed by atoms with Gasteiger partial charge in [0.25, 0.3) is 0 Å². The predicted octanol–water partition coefficient (Wildman–Crippen LogP) is 4.33. The van der Waals surface area contributed by atoms with Crippen molar-refractivity contribution >= 4 is 26.7 Å². The third-order valence-electron chi connectivity index (χ3n) is 4.28. The number of pyridine rings is 1. The number of rotatable bonds is 7. The molecule has 0 fully saturated rings. The van der Waals surface area contributed by atoms with E-state index < -0.39 is 10.0 Å². The summed E-state index contributed by atoms with van der Waals surface area (Å²) in [6, 6.07) is 9.75. The quantitative estimate of drug-likeness (QED) is 0.661. The SMILES string of the molecule is CCCCS(=O)(=O)Nc1ccc(-c2ccnc3[nH]ccc23)c(CC)c1. The van der Waals surface area contributed by atoms with E-state index in [0.717, 1.165) is 40.6 Å². The molecule has 2 N–H and O–H groups in total. The fourth-order valence-electron chi connectivity index (χ4n) is 2.97. The van der Waals surface area contributed by atoms with Crippen LogP contribution in [-0.2, 0) is 16.4 Å². The van der Waals surface area contributed by atoms with Crippen LogP contribution in [0.3, 0.4) is 0 Å². The number of H-pyrrole nitrogens is 1. The summed E-state index contributed by atoms with van der Waals surface area (Å²) in [5.74, 6) is 0.154. The van der Waals surface area contributed by atoms with Crippen LogP contribution in [-0.4, -0.2) is 24.1 Å². The summed E-state index contributed by atoms with van der Waals surface area (Å²) in [6.07, 6.45) is 6.00. The van der Waals surface area contributed by atoms with E-state index in [2.05, 4.69) is 21.6 Å². The Hall–Kier alpha value is -2.34. The molecule has 0 unspecified atom stereocenters. The van der Waals surface area contributed by atoms with Crippen LogP contribution in [0.4, 0.5) is 5.69 Å². The minimum atomic E-state index is -3.29. The molecular weight excluding hydrogens is 334 g/mol. The second-order valence-electron chi connectivity index (χ2n) is 6.10. The molecule has 5 nitrogen and oxygen atoms in total. The minimum Gasteiger partial charge on any atom is -0.346 e. The van der Waals surface area contributed by atoms with E-state index in [0.29, 0.717) is 12.1 Å². The largest absolute Gasteiger partial charge is 0.346 e. The van der Waals surface area contributed by atoms with Gasteiger partial charge in [-0.25, -0.2) is 13.4 Å². The number of benzene rings is 1. The van der Waals surface area contributed by atoms with Crippen molar-refractivity contribution in [2.24, 2.45) is 0 Å². The summed E-state index contributed by atoms with van der Waals surface area (Å²) in [7, 11) is -3.29. The van der Waals surface area contributed by atoms with E-state index in [9.17, 15) is 8.42 Å². The number of unbranched alkanes of at least 4 members (excludes halogenated alkanes) is 1. The Morgan fingerprint density at radius 3 is 2.72 bits per heavy atom. The van der Waals surface area contributed by atoms with Crippen LogP contribution in [0.2, 0.25) is 0 Å². The van der Waals surface area contributed by atoms with Gasteiger partial charge in [-0.05, 0) is 53.8 Å². The number of aromatic amines is 1. The van der Waals surface area contributed by atoms with Gasteiger partial charge in [-0.15, -0.1) is 0 Å². The smallest absolute Gasteiger partial charge is 0.232 e. The van der Waals surface area contributed by atoms with Crippen molar-refractivity contribution in [3.63, 3.8) is 0 Å². The van der Waals surface area contributed by atoms with Crippen molar-refractivity contribution in [3.8, 4) is 11.1 Å². The number of anilines is 1. The Labute approximate surface area is 148 Å². The van der Waals surface area contributed by atoms with Crippen LogP contribution in [0.15, 0.2) is 42.7 Å². The van der Waals surface area contributed by atoms with Crippen molar-refractivity contribution in [2.45, 2.75) is 33.1 Å². The van der Waals surface area contributed by atoms with Gasteiger partial charge in [0, 0.05) is 23.5 Å². The number of hydrogen-bond acceptors (Lipinski definition) is 3. The molecule has 0 aliphatic heterocycles. The summed E-state index contributed by atoms with van der Waals surface area (Å²) in [6.45, 7) is 4.06. The minimum absolute atomic E-state index is 0.154. The second kappa shape index (κ2) is 7.27. The molecule has 3 aromatic rings. The Kier molecular flexibility index (Phi) is 5.08. The highest BCUT2D eigenvalue weighted by atomic mass is 32.2. The van der Waals surface area contributed by atoms with Gasteiger partial charge in [0.1, 0.15) is 5.65 Å². The molecule has 0 amide bonds. The van der Waals surface area contributed by atoms with Gasteiger partial charge in [-0.2, -0.15) is 0 Å². The Balaban J connectivity index is 1.97. The first-order valence-corrected chi connectivity index (χ1v) is 10.2. The Bertz CT molecular complexity index is 977. The van der Waals surface area contributed by atoms with E-state index in [-0.39, 0.29) is 5.75 Å². The van der Waals surface area contributed by atoms with Crippen molar-refractivity contribution in [3.05, 3.63) is 48.3 Å². The molecule has 0 radical (unpaired) electrons. The van der Waals surface area contributed by atoms with E-state index >= 15 is 0 Å². The lowest BCUT2D eigenvalue weighted by Gasteiger charge is -2.13. The lowest BCUT2D eigenvalue weighted by Crippen LogP contribution is -2.16. The fourth-order valence-corrected chi connectivity index (χ4v) is 4.23. The molecular formula is C19H23N3O2S. The fraction of sp³-hybridized carbons (Fsp3) is 0.316. The van der Waals surface area contributed by atoms with E-state index in [1.807, 2.05) is 43.5 Å². The molecule has 0 aliphatic carbocycles. The zero-order valence-electron chi connectivity index (χ0n) is 14.5. The average Bonchev–Trinajstić information content (AvgIpc) is 3.08. The van der Waals surface area contributed by atoms with Crippen LogP contribution in [0, 0.1) is 0 Å². The van der Waals surface area contributed by atoms with Crippen LogP contribution in [0.1, 0.15) is 32.3 Å². The van der Waals surface area contributed by atoms with Gasteiger partial charge >= 0.3 is 0 Å². The molecule has 0 bridgehead atoms. The van der Waals surface area contributed by atoms with Gasteiger partial charge in [-0.1, -0.05) is 26.3 Å². The molecule has 1 aromatic carbocycles. The number of hydrogen-bond donors (Lipinski definition) is 2. The summed E-state index contributed by atoms with van der Waals surface area (Å²) in [5, 5.41) is 1.06. The lowest BCUT2D eigenvalue weighted by molar-refractivity contribution is 0.598. The molecule has 0 atom stereocenters. The number of nitrogens with one attached hydrogen (secondary N) is 2. The monoisotopic (exact) mass is 357 g/mol. The summed E-state index contributed by atoms with van der Waals surface area (Å²) >= 11 is 0. The topological polar surface area (TPSA) is 74.8 Å². The van der Waals surface area contributed by atoms with Crippen molar-refractivity contribution in [1.82, 2.24) is 9.97 Å². The maximum absolute atomic E-state index is 12.1. The number of sulfonamides is 1. The van der Waals surface area contributed by atoms with Crippen molar-refractivity contribution in [2.75, 3.05) is 10.5 Å². The van der Waals surface area contributed by atoms with Crippen molar-refractivity contribution in [1.29, 1.82) is 0 Å². The number of aryl methyl sites for hydroxylation is 1. The molecule has 6 heteroatoms. The lowest BCUT2D eigenvalue weighted by atomic mass is 9.96. The van der Waals surface area contributed by atoms with Gasteiger partial charge < -0.3 is 4.98 Å². The van der Waals surface area contributed by atoms with Crippen LogP contribution in [0.25, 0.3) is 22.2 Å². The van der Waals surface area contributed by atoms with Gasteiger partial charge in [0.05, 0.1) is 5.75 Å². The third-order valence-corrected chi connectivity index (χ3v) is 5.65. The normalized spacial score (nSPS) is 11.8. The second-order valence-corrected chi connectivity index (χ2v) is 7.94. The first-order valence-electron chi connectivity index (χ1n) is 8.60. The van der Waals surface area contributed by atoms with Crippen LogP contribution < -0.4 is 4.72 Å². The van der Waals surface area contributed by atoms with E-state index in [1.54, 1.807) is 6.20 Å². The third kappa shape index (κ3) is 3.85. The first-order chi connectivity index (χ1) is 12.0. The Morgan fingerprint density at radius 2 is 1.96 bits per heavy atom. The molecule has 2 heterocycles. The van der Waals surface area contributed by atoms with Gasteiger partial charge in [-0.3, -0.25) is 4.72 Å². The van der Waals surface area contributed by atoms with E-state index in [1.165, 1.54) is 0 Å². The number of fused-ring (bicyclic) bond motifs is 1.